The topological polar surface area (TPSA) is 184 Å². The number of carboxylic acid groups (broad SMARTS) is 1. The van der Waals surface area contributed by atoms with E-state index in [1.165, 1.54) is 0 Å². The van der Waals surface area contributed by atoms with Crippen molar-refractivity contribution in [3.05, 3.63) is 143 Å². The van der Waals surface area contributed by atoms with E-state index in [0.29, 0.717) is 13.0 Å². The second kappa shape index (κ2) is 15.4. The number of aromatic amines is 3. The lowest BCUT2D eigenvalue weighted by Gasteiger charge is -2.28. The summed E-state index contributed by atoms with van der Waals surface area (Å²) in [4.78, 5) is 64.9. The van der Waals surface area contributed by atoms with E-state index in [-0.39, 0.29) is 25.2 Å². The summed E-state index contributed by atoms with van der Waals surface area (Å²) in [5.74, 6) is -2.76. The Hall–Kier alpha value is -6.66. The molecule has 0 saturated carbocycles. The summed E-state index contributed by atoms with van der Waals surface area (Å²) in [7, 11) is 0. The Kier molecular flexibility index (Phi) is 9.88. The first kappa shape index (κ1) is 35.4. The molecule has 4 atom stereocenters. The highest BCUT2D eigenvalue weighted by Gasteiger charge is 2.33. The molecule has 0 aliphatic carbocycles. The zero-order valence-electron chi connectivity index (χ0n) is 29.9. The first-order valence-electron chi connectivity index (χ1n) is 18.4. The van der Waals surface area contributed by atoms with Gasteiger partial charge in [0.15, 0.2) is 0 Å². The number of hydrogen-bond acceptors (Lipinski definition) is 5. The normalized spacial score (nSPS) is 15.6. The number of H-pyrrole nitrogens is 3. The Labute approximate surface area is 316 Å². The molecule has 3 amide bonds. The summed E-state index contributed by atoms with van der Waals surface area (Å²) in [5, 5.41) is 25.0. The summed E-state index contributed by atoms with van der Waals surface area (Å²) >= 11 is 0. The number of benzene rings is 4. The van der Waals surface area contributed by atoms with Crippen LogP contribution in [0.1, 0.15) is 27.9 Å². The van der Waals surface area contributed by atoms with Gasteiger partial charge in [0.25, 0.3) is 0 Å². The molecule has 8 N–H and O–H groups in total. The fourth-order valence-corrected chi connectivity index (χ4v) is 7.65. The molecule has 55 heavy (non-hydrogen) atoms. The number of nitrogens with one attached hydrogen (secondary N) is 7. The Morgan fingerprint density at radius 2 is 1.15 bits per heavy atom. The molecule has 12 heteroatoms. The monoisotopic (exact) mass is 735 g/mol. The summed E-state index contributed by atoms with van der Waals surface area (Å²) in [5.41, 5.74) is 7.16. The minimum atomic E-state index is -1.27. The predicted molar refractivity (Wildman–Crippen MR) is 210 cm³/mol. The summed E-state index contributed by atoms with van der Waals surface area (Å²) in [6, 6.07) is 28.3. The van der Waals surface area contributed by atoms with Crippen LogP contribution in [0.3, 0.4) is 0 Å². The molecule has 1 aliphatic rings. The molecule has 0 saturated heterocycles. The quantitative estimate of drug-likeness (QED) is 0.0868. The Bertz CT molecular complexity index is 2520. The zero-order valence-corrected chi connectivity index (χ0v) is 29.9. The Morgan fingerprint density at radius 1 is 0.618 bits per heavy atom. The molecule has 3 aromatic heterocycles. The van der Waals surface area contributed by atoms with Gasteiger partial charge in [0.1, 0.15) is 18.1 Å². The summed E-state index contributed by atoms with van der Waals surface area (Å²) in [6.07, 6.45) is 4.27. The number of aliphatic carboxylic acids is 1. The maximum Gasteiger partial charge on any atom is 0.326 e. The summed E-state index contributed by atoms with van der Waals surface area (Å²) < 4.78 is 0. The minimum absolute atomic E-state index is 0.0306. The van der Waals surface area contributed by atoms with Gasteiger partial charge in [-0.2, -0.15) is 0 Å². The molecule has 0 radical (unpaired) electrons. The maximum atomic E-state index is 14.4. The van der Waals surface area contributed by atoms with Crippen molar-refractivity contribution in [1.82, 2.24) is 36.2 Å². The van der Waals surface area contributed by atoms with Crippen molar-refractivity contribution in [3.63, 3.8) is 0 Å². The SMILES string of the molecule is O=C(O)[C@H](Cc1c[nH]c2ccccc12)NC(=O)[C@H](Cc1ccccc1)NC(=O)[C@H](Cc1c[nH]c2ccccc12)NC(=O)[C@@H]1Cc2c([nH]c3ccccc23)CN1. The van der Waals surface area contributed by atoms with Crippen molar-refractivity contribution < 1.29 is 24.3 Å². The number of aromatic nitrogens is 3. The second-order valence-corrected chi connectivity index (χ2v) is 14.1. The Balaban J connectivity index is 1.05. The fourth-order valence-electron chi connectivity index (χ4n) is 7.65. The largest absolute Gasteiger partial charge is 0.480 e. The highest BCUT2D eigenvalue weighted by molar-refractivity contribution is 5.96. The van der Waals surface area contributed by atoms with Crippen molar-refractivity contribution in [2.75, 3.05) is 0 Å². The van der Waals surface area contributed by atoms with Crippen molar-refractivity contribution in [2.45, 2.75) is 56.4 Å². The van der Waals surface area contributed by atoms with Crippen LogP contribution < -0.4 is 21.3 Å². The predicted octanol–water partition coefficient (Wildman–Crippen LogP) is 4.41. The van der Waals surface area contributed by atoms with Gasteiger partial charge < -0.3 is 36.0 Å². The van der Waals surface area contributed by atoms with Crippen LogP contribution in [0.25, 0.3) is 32.7 Å². The van der Waals surface area contributed by atoms with Crippen LogP contribution in [0, 0.1) is 0 Å². The van der Waals surface area contributed by atoms with Crippen LogP contribution in [0.5, 0.6) is 0 Å². The molecule has 8 rings (SSSR count). The van der Waals surface area contributed by atoms with E-state index < -0.39 is 42.0 Å². The molecule has 7 aromatic rings. The van der Waals surface area contributed by atoms with Gasteiger partial charge in [0.2, 0.25) is 17.7 Å². The lowest BCUT2D eigenvalue weighted by molar-refractivity contribution is -0.142. The average Bonchev–Trinajstić information content (AvgIpc) is 3.92. The van der Waals surface area contributed by atoms with E-state index in [9.17, 15) is 24.3 Å². The first-order valence-corrected chi connectivity index (χ1v) is 18.4. The number of carboxylic acids is 1. The van der Waals surface area contributed by atoms with Crippen molar-refractivity contribution in [3.8, 4) is 0 Å². The number of carbonyl (C=O) groups is 4. The van der Waals surface area contributed by atoms with Crippen LogP contribution in [0.15, 0.2) is 116 Å². The van der Waals surface area contributed by atoms with E-state index in [0.717, 1.165) is 60.7 Å². The molecule has 278 valence electrons. The average molecular weight is 736 g/mol. The second-order valence-electron chi connectivity index (χ2n) is 14.1. The van der Waals surface area contributed by atoms with Crippen LogP contribution >= 0.6 is 0 Å². The van der Waals surface area contributed by atoms with Gasteiger partial charge in [-0.15, -0.1) is 0 Å². The first-order chi connectivity index (χ1) is 26.8. The van der Waals surface area contributed by atoms with Gasteiger partial charge in [-0.1, -0.05) is 84.9 Å². The van der Waals surface area contributed by atoms with E-state index in [1.807, 2.05) is 109 Å². The van der Waals surface area contributed by atoms with Gasteiger partial charge in [0, 0.05) is 76.6 Å². The van der Waals surface area contributed by atoms with Crippen molar-refractivity contribution >= 4 is 56.4 Å². The molecular weight excluding hydrogens is 695 g/mol. The van der Waals surface area contributed by atoms with Crippen LogP contribution in [-0.2, 0) is 51.4 Å². The number of para-hydroxylation sites is 3. The number of amides is 3. The van der Waals surface area contributed by atoms with E-state index in [1.54, 1.807) is 6.20 Å². The highest BCUT2D eigenvalue weighted by atomic mass is 16.4. The number of hydrogen-bond donors (Lipinski definition) is 8. The maximum absolute atomic E-state index is 14.4. The van der Waals surface area contributed by atoms with Crippen molar-refractivity contribution in [1.29, 1.82) is 0 Å². The number of carbonyl (C=O) groups excluding carboxylic acids is 3. The lowest BCUT2D eigenvalue weighted by atomic mass is 9.97. The third kappa shape index (κ3) is 7.58. The smallest absolute Gasteiger partial charge is 0.326 e. The third-order valence-electron chi connectivity index (χ3n) is 10.5. The summed E-state index contributed by atoms with van der Waals surface area (Å²) in [6.45, 7) is 0.462. The van der Waals surface area contributed by atoms with Gasteiger partial charge in [0.05, 0.1) is 6.04 Å². The third-order valence-corrected chi connectivity index (χ3v) is 10.5. The van der Waals surface area contributed by atoms with E-state index in [2.05, 4.69) is 36.2 Å². The van der Waals surface area contributed by atoms with E-state index in [4.69, 9.17) is 0 Å². The van der Waals surface area contributed by atoms with E-state index >= 15 is 0 Å². The van der Waals surface area contributed by atoms with Gasteiger partial charge >= 0.3 is 5.97 Å². The fraction of sp³-hybridized carbons (Fsp3) is 0.209. The van der Waals surface area contributed by atoms with Gasteiger partial charge in [-0.3, -0.25) is 19.7 Å². The van der Waals surface area contributed by atoms with Crippen molar-refractivity contribution in [2.24, 2.45) is 0 Å². The molecular formula is C43H41N7O5. The minimum Gasteiger partial charge on any atom is -0.480 e. The number of rotatable bonds is 13. The molecule has 4 heterocycles. The zero-order chi connectivity index (χ0) is 37.9. The molecule has 1 aliphatic heterocycles. The van der Waals surface area contributed by atoms with Crippen LogP contribution in [0.4, 0.5) is 0 Å². The molecule has 0 unspecified atom stereocenters. The van der Waals surface area contributed by atoms with Gasteiger partial charge in [-0.05, 0) is 46.9 Å². The Morgan fingerprint density at radius 3 is 1.78 bits per heavy atom. The lowest BCUT2D eigenvalue weighted by Crippen LogP contribution is -2.59. The van der Waals surface area contributed by atoms with Crippen LogP contribution in [-0.4, -0.2) is 67.9 Å². The molecule has 0 bridgehead atoms. The van der Waals surface area contributed by atoms with Crippen LogP contribution in [0.2, 0.25) is 0 Å². The standard InChI is InChI=1S/C43H41N7O5/c51-40(35-21-31-30-14-6-9-17-34(30)47-39(31)24-46-35)49-37(19-26-22-44-32-15-7-4-12-28(26)32)42(53)48-36(18-25-10-2-1-3-11-25)41(52)50-38(43(54)55)20-27-23-45-33-16-8-5-13-29(27)33/h1-17,22-23,35-38,44-47H,18-21,24H2,(H,48,53)(H,49,51)(H,50,52)(H,54,55)/t35-,36-,37-,38-/m0/s1. The molecule has 4 aromatic carbocycles. The molecule has 0 fully saturated rings. The molecule has 0 spiro atoms. The van der Waals surface area contributed by atoms with Gasteiger partial charge in [-0.25, -0.2) is 4.79 Å². The molecule has 12 nitrogen and oxygen atoms in total. The number of fused-ring (bicyclic) bond motifs is 5. The highest BCUT2D eigenvalue weighted by Crippen LogP contribution is 2.27.